The second-order valence-electron chi connectivity index (χ2n) is 1.79. The Balaban J connectivity index is 0. The van der Waals surface area contributed by atoms with Crippen LogP contribution in [0.2, 0.25) is 0 Å². The van der Waals surface area contributed by atoms with E-state index in [2.05, 4.69) is 5.32 Å². The average Bonchev–Trinajstić information content (AvgIpc) is 1.97. The molecule has 0 heterocycles. The predicted octanol–water partition coefficient (Wildman–Crippen LogP) is 1.09. The van der Waals surface area contributed by atoms with Gasteiger partial charge in [0.25, 0.3) is 0 Å². The maximum absolute atomic E-state index is 10.6. The molecular weight excluding hydrogens is 166 g/mol. The smallest absolute Gasteiger partial charge is 0.332 e. The molecule has 0 aromatic carbocycles. The van der Waals surface area contributed by atoms with Crippen LogP contribution in [0.15, 0.2) is 12.3 Å². The molecule has 0 aromatic heterocycles. The Morgan fingerprint density at radius 3 is 2.73 bits per heavy atom. The van der Waals surface area contributed by atoms with Crippen LogP contribution in [0, 0.1) is 0 Å². The van der Waals surface area contributed by atoms with Gasteiger partial charge in [-0.3, -0.25) is 0 Å². The molecule has 0 atom stereocenters. The second-order valence-corrected chi connectivity index (χ2v) is 1.79. The van der Waals surface area contributed by atoms with E-state index in [-0.39, 0.29) is 18.4 Å². The van der Waals surface area contributed by atoms with Crippen LogP contribution in [-0.2, 0) is 9.53 Å². The zero-order valence-electron chi connectivity index (χ0n) is 6.79. The molecule has 0 radical (unpaired) electrons. The molecule has 0 aliphatic heterocycles. The van der Waals surface area contributed by atoms with Gasteiger partial charge in [-0.15, -0.1) is 12.4 Å². The van der Waals surface area contributed by atoms with Gasteiger partial charge in [-0.05, 0) is 6.42 Å². The summed E-state index contributed by atoms with van der Waals surface area (Å²) < 4.78 is 4.73. The van der Waals surface area contributed by atoms with E-state index in [0.717, 1.165) is 6.42 Å². The lowest BCUT2D eigenvalue weighted by Crippen LogP contribution is -2.03. The molecule has 1 N–H and O–H groups in total. The molecular formula is C7H14ClNO2. The van der Waals surface area contributed by atoms with Crippen LogP contribution < -0.4 is 5.32 Å². The van der Waals surface area contributed by atoms with Crippen molar-refractivity contribution < 1.29 is 9.53 Å². The van der Waals surface area contributed by atoms with Crippen molar-refractivity contribution >= 4 is 18.4 Å². The van der Waals surface area contributed by atoms with Gasteiger partial charge < -0.3 is 10.1 Å². The highest BCUT2D eigenvalue weighted by Gasteiger charge is 1.91. The fourth-order valence-corrected chi connectivity index (χ4v) is 0.402. The van der Waals surface area contributed by atoms with Crippen molar-refractivity contribution in [1.29, 1.82) is 0 Å². The van der Waals surface area contributed by atoms with Crippen LogP contribution in [0.3, 0.4) is 0 Å². The molecule has 0 spiro atoms. The van der Waals surface area contributed by atoms with Crippen LogP contribution in [0.25, 0.3) is 0 Å². The molecule has 4 heteroatoms. The minimum absolute atomic E-state index is 0. The first kappa shape index (κ1) is 12.9. The molecule has 0 saturated heterocycles. The maximum atomic E-state index is 10.6. The number of ether oxygens (including phenoxy) is 1. The van der Waals surface area contributed by atoms with E-state index < -0.39 is 0 Å². The van der Waals surface area contributed by atoms with Crippen molar-refractivity contribution in [2.45, 2.75) is 13.3 Å². The number of rotatable bonds is 4. The van der Waals surface area contributed by atoms with Crippen LogP contribution >= 0.6 is 12.4 Å². The first-order chi connectivity index (χ1) is 4.81. The van der Waals surface area contributed by atoms with Gasteiger partial charge in [-0.2, -0.15) is 0 Å². The normalized spacial score (nSPS) is 8.91. The average molecular weight is 180 g/mol. The summed E-state index contributed by atoms with van der Waals surface area (Å²) in [6, 6.07) is 0. The molecule has 0 aliphatic carbocycles. The number of halogens is 1. The van der Waals surface area contributed by atoms with Crippen LogP contribution in [-0.4, -0.2) is 19.6 Å². The summed E-state index contributed by atoms with van der Waals surface area (Å²) in [7, 11) is 1.73. The third kappa shape index (κ3) is 9.30. The molecule has 0 bridgehead atoms. The van der Waals surface area contributed by atoms with Crippen LogP contribution in [0.5, 0.6) is 0 Å². The summed E-state index contributed by atoms with van der Waals surface area (Å²) in [5, 5.41) is 2.69. The standard InChI is InChI=1S/C7H13NO2.ClH/c1-3-6-10-7(9)4-5-8-2;/h4-5,8H,3,6H2,1-2H3;1H. The Kier molecular flexibility index (Phi) is 10.9. The van der Waals surface area contributed by atoms with Crippen LogP contribution in [0.1, 0.15) is 13.3 Å². The van der Waals surface area contributed by atoms with Gasteiger partial charge in [0.05, 0.1) is 6.61 Å². The quantitative estimate of drug-likeness (QED) is 0.519. The second kappa shape index (κ2) is 9.30. The van der Waals surface area contributed by atoms with E-state index in [9.17, 15) is 4.79 Å². The number of carbonyl (C=O) groups excluding carboxylic acids is 1. The SMILES string of the molecule is CCCOC(=O)C=CNC.Cl. The van der Waals surface area contributed by atoms with Crippen molar-refractivity contribution in [3.05, 3.63) is 12.3 Å². The largest absolute Gasteiger partial charge is 0.463 e. The Morgan fingerprint density at radius 2 is 2.27 bits per heavy atom. The van der Waals surface area contributed by atoms with Crippen molar-refractivity contribution in [3.8, 4) is 0 Å². The Hall–Kier alpha value is -0.700. The van der Waals surface area contributed by atoms with Gasteiger partial charge in [0, 0.05) is 19.3 Å². The fourth-order valence-electron chi connectivity index (χ4n) is 0.402. The highest BCUT2D eigenvalue weighted by molar-refractivity contribution is 5.85. The van der Waals surface area contributed by atoms with Gasteiger partial charge in [0.2, 0.25) is 0 Å². The lowest BCUT2D eigenvalue weighted by Gasteiger charge is -1.96. The zero-order valence-corrected chi connectivity index (χ0v) is 7.61. The fraction of sp³-hybridized carbons (Fsp3) is 0.571. The Morgan fingerprint density at radius 1 is 1.64 bits per heavy atom. The molecule has 0 fully saturated rings. The third-order valence-electron chi connectivity index (χ3n) is 0.835. The molecule has 0 aromatic rings. The van der Waals surface area contributed by atoms with Crippen LogP contribution in [0.4, 0.5) is 0 Å². The highest BCUT2D eigenvalue weighted by Crippen LogP contribution is 1.82. The molecule has 0 unspecified atom stereocenters. The maximum Gasteiger partial charge on any atom is 0.332 e. The third-order valence-corrected chi connectivity index (χ3v) is 0.835. The van der Waals surface area contributed by atoms with Gasteiger partial charge in [-0.1, -0.05) is 6.92 Å². The molecule has 0 aliphatic rings. The van der Waals surface area contributed by atoms with Crippen molar-refractivity contribution in [2.75, 3.05) is 13.7 Å². The number of hydrogen-bond donors (Lipinski definition) is 1. The lowest BCUT2D eigenvalue weighted by atomic mass is 10.5. The van der Waals surface area contributed by atoms with Gasteiger partial charge in [-0.25, -0.2) is 4.79 Å². The summed E-state index contributed by atoms with van der Waals surface area (Å²) in [6.07, 6.45) is 3.76. The monoisotopic (exact) mass is 179 g/mol. The van der Waals surface area contributed by atoms with Gasteiger partial charge in [0.1, 0.15) is 0 Å². The molecule has 3 nitrogen and oxygen atoms in total. The first-order valence-corrected chi connectivity index (χ1v) is 3.31. The number of hydrogen-bond acceptors (Lipinski definition) is 3. The van der Waals surface area contributed by atoms with Crippen molar-refractivity contribution in [3.63, 3.8) is 0 Å². The van der Waals surface area contributed by atoms with Gasteiger partial charge in [0.15, 0.2) is 0 Å². The zero-order chi connectivity index (χ0) is 7.82. The lowest BCUT2D eigenvalue weighted by molar-refractivity contribution is -0.137. The molecule has 11 heavy (non-hydrogen) atoms. The minimum Gasteiger partial charge on any atom is -0.463 e. The molecule has 0 saturated carbocycles. The van der Waals surface area contributed by atoms with E-state index in [1.807, 2.05) is 6.92 Å². The topological polar surface area (TPSA) is 38.3 Å². The molecule has 0 amide bonds. The Bertz CT molecular complexity index is 126. The Labute approximate surface area is 73.2 Å². The summed E-state index contributed by atoms with van der Waals surface area (Å²) in [5.74, 6) is -0.295. The first-order valence-electron chi connectivity index (χ1n) is 3.31. The minimum atomic E-state index is -0.295. The predicted molar refractivity (Wildman–Crippen MR) is 46.7 cm³/mol. The summed E-state index contributed by atoms with van der Waals surface area (Å²) >= 11 is 0. The van der Waals surface area contributed by atoms with E-state index in [1.165, 1.54) is 12.3 Å². The summed E-state index contributed by atoms with van der Waals surface area (Å²) in [4.78, 5) is 10.6. The summed E-state index contributed by atoms with van der Waals surface area (Å²) in [6.45, 7) is 2.45. The van der Waals surface area contributed by atoms with E-state index in [0.29, 0.717) is 6.61 Å². The van der Waals surface area contributed by atoms with E-state index >= 15 is 0 Å². The van der Waals surface area contributed by atoms with Crippen molar-refractivity contribution in [1.82, 2.24) is 5.32 Å². The van der Waals surface area contributed by atoms with Gasteiger partial charge >= 0.3 is 5.97 Å². The van der Waals surface area contributed by atoms with Crippen molar-refractivity contribution in [2.24, 2.45) is 0 Å². The van der Waals surface area contributed by atoms with E-state index in [4.69, 9.17) is 4.74 Å². The number of esters is 1. The summed E-state index contributed by atoms with van der Waals surface area (Å²) in [5.41, 5.74) is 0. The number of nitrogens with one attached hydrogen (secondary N) is 1. The highest BCUT2D eigenvalue weighted by atomic mass is 35.5. The molecule has 0 rings (SSSR count). The number of carbonyl (C=O) groups is 1. The van der Waals surface area contributed by atoms with E-state index in [1.54, 1.807) is 7.05 Å². The molecule has 66 valence electrons.